The van der Waals surface area contributed by atoms with Crippen molar-refractivity contribution in [1.82, 2.24) is 25.4 Å². The highest BCUT2D eigenvalue weighted by Gasteiger charge is 2.18. The largest absolute Gasteiger partial charge is 0.349 e. The maximum absolute atomic E-state index is 14.2. The smallest absolute Gasteiger partial charge is 0.254 e. The van der Waals surface area contributed by atoms with Gasteiger partial charge in [0.05, 0.1) is 5.56 Å². The summed E-state index contributed by atoms with van der Waals surface area (Å²) in [6.45, 7) is 4.07. The topological polar surface area (TPSA) is 71.8 Å². The quantitative estimate of drug-likeness (QED) is 0.871. The number of nitrogens with one attached hydrogen (secondary N) is 2. The van der Waals surface area contributed by atoms with Gasteiger partial charge in [-0.3, -0.25) is 9.48 Å². The fourth-order valence-corrected chi connectivity index (χ4v) is 2.72. The van der Waals surface area contributed by atoms with Crippen LogP contribution >= 0.6 is 0 Å². The van der Waals surface area contributed by atoms with Crippen LogP contribution in [0.15, 0.2) is 24.8 Å². The van der Waals surface area contributed by atoms with Gasteiger partial charge in [0.25, 0.3) is 5.91 Å². The van der Waals surface area contributed by atoms with Crippen LogP contribution in [-0.4, -0.2) is 33.3 Å². The van der Waals surface area contributed by atoms with Crippen molar-refractivity contribution in [3.8, 4) is 0 Å². The fraction of sp³-hybridized carbons (Fsp3) is 0.438. The molecule has 7 heteroatoms. The van der Waals surface area contributed by atoms with E-state index in [9.17, 15) is 9.18 Å². The second kappa shape index (κ2) is 6.87. The molecule has 0 saturated carbocycles. The van der Waals surface area contributed by atoms with Crippen LogP contribution in [0.5, 0.6) is 0 Å². The van der Waals surface area contributed by atoms with E-state index in [1.54, 1.807) is 17.1 Å². The molecule has 0 saturated heterocycles. The minimum absolute atomic E-state index is 0.0831. The second-order valence-electron chi connectivity index (χ2n) is 5.85. The summed E-state index contributed by atoms with van der Waals surface area (Å²) in [4.78, 5) is 16.2. The number of hydrogen-bond acceptors (Lipinski definition) is 4. The highest BCUT2D eigenvalue weighted by Crippen LogP contribution is 2.19. The summed E-state index contributed by atoms with van der Waals surface area (Å²) < 4.78 is 15.9. The standard InChI is InChI=1S/C16H20FN5O/c1-11(3-5-22-10-19-9-20-22)21-16(23)14-6-13-8-18-4-2-12(13)7-15(14)17/h6-7,9-11,18H,2-5,8H2,1H3,(H,21,23). The maximum Gasteiger partial charge on any atom is 0.254 e. The van der Waals surface area contributed by atoms with Gasteiger partial charge in [0.2, 0.25) is 0 Å². The predicted octanol–water partition coefficient (Wildman–Crippen LogP) is 1.27. The third kappa shape index (κ3) is 3.73. The molecule has 23 heavy (non-hydrogen) atoms. The highest BCUT2D eigenvalue weighted by molar-refractivity contribution is 5.95. The second-order valence-corrected chi connectivity index (χ2v) is 5.85. The number of hydrogen-bond donors (Lipinski definition) is 2. The van der Waals surface area contributed by atoms with Gasteiger partial charge >= 0.3 is 0 Å². The molecule has 0 spiro atoms. The van der Waals surface area contributed by atoms with Crippen molar-refractivity contribution in [2.24, 2.45) is 0 Å². The molecule has 3 rings (SSSR count). The minimum atomic E-state index is -0.452. The van der Waals surface area contributed by atoms with Crippen LogP contribution in [0.1, 0.15) is 34.8 Å². The van der Waals surface area contributed by atoms with Crippen molar-refractivity contribution in [3.05, 3.63) is 47.3 Å². The van der Waals surface area contributed by atoms with Crippen molar-refractivity contribution >= 4 is 5.91 Å². The Morgan fingerprint density at radius 1 is 1.48 bits per heavy atom. The normalized spacial score (nSPS) is 15.0. The van der Waals surface area contributed by atoms with Gasteiger partial charge in [0.1, 0.15) is 18.5 Å². The molecular formula is C16H20FN5O. The summed E-state index contributed by atoms with van der Waals surface area (Å²) in [5.74, 6) is -0.825. The molecule has 1 atom stereocenters. The minimum Gasteiger partial charge on any atom is -0.349 e. The number of rotatable bonds is 5. The Morgan fingerprint density at radius 2 is 2.35 bits per heavy atom. The lowest BCUT2D eigenvalue weighted by Crippen LogP contribution is -2.34. The van der Waals surface area contributed by atoms with Crippen LogP contribution in [0.4, 0.5) is 4.39 Å². The van der Waals surface area contributed by atoms with Crippen LogP contribution in [-0.2, 0) is 19.5 Å². The van der Waals surface area contributed by atoms with Gasteiger partial charge in [-0.25, -0.2) is 9.37 Å². The number of carbonyl (C=O) groups is 1. The van der Waals surface area contributed by atoms with Crippen LogP contribution in [0.25, 0.3) is 0 Å². The molecular weight excluding hydrogens is 297 g/mol. The zero-order valence-electron chi connectivity index (χ0n) is 13.1. The van der Waals surface area contributed by atoms with E-state index in [4.69, 9.17) is 0 Å². The summed E-state index contributed by atoms with van der Waals surface area (Å²) in [6, 6.07) is 3.07. The molecule has 1 unspecified atom stereocenters. The summed E-state index contributed by atoms with van der Waals surface area (Å²) in [5, 5.41) is 10.1. The van der Waals surface area contributed by atoms with Crippen LogP contribution < -0.4 is 10.6 Å². The number of nitrogens with zero attached hydrogens (tertiary/aromatic N) is 3. The molecule has 0 aliphatic carbocycles. The van der Waals surface area contributed by atoms with Crippen LogP contribution in [0.3, 0.4) is 0 Å². The Balaban J connectivity index is 1.63. The molecule has 2 aromatic rings. The molecule has 0 fully saturated rings. The number of carbonyl (C=O) groups excluding carboxylic acids is 1. The van der Waals surface area contributed by atoms with Gasteiger partial charge in [0.15, 0.2) is 0 Å². The van der Waals surface area contributed by atoms with Gasteiger partial charge in [-0.2, -0.15) is 5.10 Å². The lowest BCUT2D eigenvalue weighted by molar-refractivity contribution is 0.0933. The molecule has 2 heterocycles. The van der Waals surface area contributed by atoms with Crippen LogP contribution in [0, 0.1) is 5.82 Å². The molecule has 122 valence electrons. The van der Waals surface area contributed by atoms with E-state index in [0.717, 1.165) is 24.1 Å². The number of fused-ring (bicyclic) bond motifs is 1. The Morgan fingerprint density at radius 3 is 3.13 bits per heavy atom. The third-order valence-electron chi connectivity index (χ3n) is 4.06. The monoisotopic (exact) mass is 317 g/mol. The Hall–Kier alpha value is -2.28. The Labute approximate surface area is 134 Å². The fourth-order valence-electron chi connectivity index (χ4n) is 2.72. The zero-order chi connectivity index (χ0) is 16.2. The maximum atomic E-state index is 14.2. The molecule has 0 radical (unpaired) electrons. The first-order valence-electron chi connectivity index (χ1n) is 7.79. The Kier molecular flexibility index (Phi) is 4.66. The van der Waals surface area contributed by atoms with E-state index in [0.29, 0.717) is 19.5 Å². The van der Waals surface area contributed by atoms with E-state index in [-0.39, 0.29) is 17.5 Å². The lowest BCUT2D eigenvalue weighted by atomic mass is 9.97. The highest BCUT2D eigenvalue weighted by atomic mass is 19.1. The number of amides is 1. The average molecular weight is 317 g/mol. The van der Waals surface area contributed by atoms with Crippen molar-refractivity contribution in [3.63, 3.8) is 0 Å². The van der Waals surface area contributed by atoms with E-state index in [1.165, 1.54) is 12.4 Å². The number of aryl methyl sites for hydroxylation is 1. The molecule has 1 aliphatic rings. The molecule has 1 aromatic carbocycles. The van der Waals surface area contributed by atoms with Crippen LogP contribution in [0.2, 0.25) is 0 Å². The van der Waals surface area contributed by atoms with E-state index in [1.807, 2.05) is 6.92 Å². The van der Waals surface area contributed by atoms with Gasteiger partial charge in [-0.1, -0.05) is 0 Å². The molecule has 0 bridgehead atoms. The van der Waals surface area contributed by atoms with E-state index < -0.39 is 5.82 Å². The predicted molar refractivity (Wildman–Crippen MR) is 83.4 cm³/mol. The molecule has 1 amide bonds. The van der Waals surface area contributed by atoms with Crippen molar-refractivity contribution in [2.75, 3.05) is 6.54 Å². The third-order valence-corrected chi connectivity index (χ3v) is 4.06. The summed E-state index contributed by atoms with van der Waals surface area (Å²) in [5.41, 5.74) is 2.09. The first-order valence-corrected chi connectivity index (χ1v) is 7.79. The Bertz CT molecular complexity index is 686. The number of halogens is 1. The van der Waals surface area contributed by atoms with E-state index >= 15 is 0 Å². The van der Waals surface area contributed by atoms with Gasteiger partial charge in [-0.15, -0.1) is 0 Å². The van der Waals surface area contributed by atoms with Crippen molar-refractivity contribution in [1.29, 1.82) is 0 Å². The molecule has 1 aliphatic heterocycles. The summed E-state index contributed by atoms with van der Waals surface area (Å²) in [6.07, 6.45) is 4.59. The summed E-state index contributed by atoms with van der Waals surface area (Å²) >= 11 is 0. The van der Waals surface area contributed by atoms with Gasteiger partial charge in [0, 0.05) is 19.1 Å². The average Bonchev–Trinajstić information content (AvgIpc) is 3.05. The first kappa shape index (κ1) is 15.6. The molecule has 2 N–H and O–H groups in total. The summed E-state index contributed by atoms with van der Waals surface area (Å²) in [7, 11) is 0. The van der Waals surface area contributed by atoms with Crippen molar-refractivity contribution < 1.29 is 9.18 Å². The lowest BCUT2D eigenvalue weighted by Gasteiger charge is -2.19. The molecule has 6 nitrogen and oxygen atoms in total. The molecule has 1 aromatic heterocycles. The van der Waals surface area contributed by atoms with Gasteiger partial charge in [-0.05, 0) is 49.6 Å². The number of aromatic nitrogens is 3. The SMILES string of the molecule is CC(CCn1cncn1)NC(=O)c1cc2c(cc1F)CCNC2. The first-order chi connectivity index (χ1) is 11.1. The van der Waals surface area contributed by atoms with E-state index in [2.05, 4.69) is 20.7 Å². The van der Waals surface area contributed by atoms with Gasteiger partial charge < -0.3 is 10.6 Å². The zero-order valence-corrected chi connectivity index (χ0v) is 13.1. The van der Waals surface area contributed by atoms with Crippen molar-refractivity contribution in [2.45, 2.75) is 38.9 Å². The number of benzene rings is 1.